The van der Waals surface area contributed by atoms with Crippen LogP contribution in [0.2, 0.25) is 5.02 Å². The van der Waals surface area contributed by atoms with E-state index in [1.807, 2.05) is 48.5 Å². The Bertz CT molecular complexity index is 631. The highest BCUT2D eigenvalue weighted by Crippen LogP contribution is 2.21. The van der Waals surface area contributed by atoms with E-state index in [1.165, 1.54) is 0 Å². The maximum absolute atomic E-state index is 5.84. The summed E-state index contributed by atoms with van der Waals surface area (Å²) in [6.07, 6.45) is 1.62. The number of rotatable bonds is 2. The molecule has 1 aromatic carbocycles. The van der Waals surface area contributed by atoms with Crippen LogP contribution in [0.1, 0.15) is 0 Å². The van der Waals surface area contributed by atoms with Gasteiger partial charge < -0.3 is 4.42 Å². The van der Waals surface area contributed by atoms with Gasteiger partial charge in [-0.15, -0.1) is 10.2 Å². The zero-order valence-corrected chi connectivity index (χ0v) is 10.1. The predicted molar refractivity (Wildman–Crippen MR) is 70.2 cm³/mol. The summed E-state index contributed by atoms with van der Waals surface area (Å²) in [4.78, 5) is 0. The van der Waals surface area contributed by atoms with Crippen LogP contribution in [0.5, 0.6) is 0 Å². The van der Waals surface area contributed by atoms with Gasteiger partial charge in [0.25, 0.3) is 0 Å². The van der Waals surface area contributed by atoms with Crippen LogP contribution >= 0.6 is 11.6 Å². The zero-order valence-electron chi connectivity index (χ0n) is 9.38. The van der Waals surface area contributed by atoms with Crippen LogP contribution in [-0.2, 0) is 0 Å². The molecule has 0 amide bonds. The minimum atomic E-state index is 0.707. The second-order valence-corrected chi connectivity index (χ2v) is 4.22. The molecule has 0 saturated heterocycles. The lowest BCUT2D eigenvalue weighted by Crippen LogP contribution is -1.89. The van der Waals surface area contributed by atoms with E-state index in [0.29, 0.717) is 10.8 Å². The van der Waals surface area contributed by atoms with Crippen LogP contribution in [0.4, 0.5) is 0 Å². The molecule has 0 radical (unpaired) electrons. The van der Waals surface area contributed by atoms with Crippen LogP contribution in [0.15, 0.2) is 59.2 Å². The van der Waals surface area contributed by atoms with E-state index in [1.54, 1.807) is 6.26 Å². The fourth-order valence-electron chi connectivity index (χ4n) is 1.66. The highest BCUT2D eigenvalue weighted by Gasteiger charge is 2.04. The van der Waals surface area contributed by atoms with Gasteiger partial charge in [-0.3, -0.25) is 0 Å². The van der Waals surface area contributed by atoms with Gasteiger partial charge in [0.05, 0.1) is 12.0 Å². The Morgan fingerprint density at radius 3 is 2.17 bits per heavy atom. The molecule has 0 aliphatic rings. The van der Waals surface area contributed by atoms with Crippen LogP contribution in [0, 0.1) is 0 Å². The van der Waals surface area contributed by atoms with Crippen molar-refractivity contribution < 1.29 is 4.42 Å². The Balaban J connectivity index is 1.94. The Kier molecular flexibility index (Phi) is 2.82. The number of halogens is 1. The summed E-state index contributed by atoms with van der Waals surface area (Å²) in [5.41, 5.74) is 2.51. The minimum Gasteiger partial charge on any atom is -0.463 e. The molecule has 0 unspecified atom stereocenters. The molecule has 3 nitrogen and oxygen atoms in total. The van der Waals surface area contributed by atoms with Crippen LogP contribution in [0.3, 0.4) is 0 Å². The number of hydrogen-bond acceptors (Lipinski definition) is 3. The first kappa shape index (κ1) is 11.0. The second-order valence-electron chi connectivity index (χ2n) is 3.79. The van der Waals surface area contributed by atoms with E-state index in [0.717, 1.165) is 17.0 Å². The number of furan rings is 1. The summed E-state index contributed by atoms with van der Waals surface area (Å²) in [5, 5.41) is 9.03. The van der Waals surface area contributed by atoms with Crippen LogP contribution in [0.25, 0.3) is 22.7 Å². The molecule has 4 heteroatoms. The maximum Gasteiger partial charge on any atom is 0.154 e. The van der Waals surface area contributed by atoms with E-state index >= 15 is 0 Å². The molecular formula is C14H9ClN2O. The first-order valence-electron chi connectivity index (χ1n) is 5.46. The Morgan fingerprint density at radius 1 is 0.833 bits per heavy atom. The van der Waals surface area contributed by atoms with Gasteiger partial charge in [0, 0.05) is 10.6 Å². The Morgan fingerprint density at radius 2 is 1.56 bits per heavy atom. The first-order valence-corrected chi connectivity index (χ1v) is 5.84. The van der Waals surface area contributed by atoms with Crippen LogP contribution in [-0.4, -0.2) is 10.2 Å². The molecule has 0 bridgehead atoms. The molecule has 0 atom stereocenters. The molecule has 88 valence electrons. The molecule has 0 spiro atoms. The molecular weight excluding hydrogens is 248 g/mol. The standard InChI is InChI=1S/C14H9ClN2O/c15-11-5-3-10(4-6-11)12-7-8-13(17-16-12)14-2-1-9-18-14/h1-9H. The van der Waals surface area contributed by atoms with E-state index in [-0.39, 0.29) is 0 Å². The lowest BCUT2D eigenvalue weighted by molar-refractivity contribution is 0.579. The third kappa shape index (κ3) is 2.13. The molecule has 0 fully saturated rings. The number of benzene rings is 1. The van der Waals surface area contributed by atoms with Crippen molar-refractivity contribution in [2.24, 2.45) is 0 Å². The van der Waals surface area contributed by atoms with Gasteiger partial charge in [-0.1, -0.05) is 23.7 Å². The summed E-state index contributed by atoms with van der Waals surface area (Å²) in [5.74, 6) is 0.713. The molecule has 0 aliphatic carbocycles. The van der Waals surface area contributed by atoms with Gasteiger partial charge in [0.2, 0.25) is 0 Å². The molecule has 3 rings (SSSR count). The number of nitrogens with zero attached hydrogens (tertiary/aromatic N) is 2. The monoisotopic (exact) mass is 256 g/mol. The highest BCUT2D eigenvalue weighted by atomic mass is 35.5. The summed E-state index contributed by atoms with van der Waals surface area (Å²) in [6, 6.07) is 15.0. The summed E-state index contributed by atoms with van der Waals surface area (Å²) in [7, 11) is 0. The van der Waals surface area contributed by atoms with Crippen molar-refractivity contribution in [1.82, 2.24) is 10.2 Å². The van der Waals surface area contributed by atoms with Crippen molar-refractivity contribution in [2.75, 3.05) is 0 Å². The molecule has 3 aromatic rings. The summed E-state index contributed by atoms with van der Waals surface area (Å²) in [6.45, 7) is 0. The maximum atomic E-state index is 5.84. The van der Waals surface area contributed by atoms with Gasteiger partial charge in [-0.2, -0.15) is 0 Å². The van der Waals surface area contributed by atoms with Crippen molar-refractivity contribution in [2.45, 2.75) is 0 Å². The quantitative estimate of drug-likeness (QED) is 0.694. The Hall–Kier alpha value is -2.13. The average Bonchev–Trinajstić information content (AvgIpc) is 2.94. The van der Waals surface area contributed by atoms with Crippen molar-refractivity contribution in [3.05, 3.63) is 59.8 Å². The van der Waals surface area contributed by atoms with E-state index in [2.05, 4.69) is 10.2 Å². The largest absolute Gasteiger partial charge is 0.463 e. The van der Waals surface area contributed by atoms with E-state index in [4.69, 9.17) is 16.0 Å². The fourth-order valence-corrected chi connectivity index (χ4v) is 1.79. The molecule has 0 aliphatic heterocycles. The third-order valence-electron chi connectivity index (χ3n) is 2.58. The second kappa shape index (κ2) is 4.63. The molecule has 2 heterocycles. The van der Waals surface area contributed by atoms with Gasteiger partial charge in [0.1, 0.15) is 5.69 Å². The van der Waals surface area contributed by atoms with Gasteiger partial charge in [-0.05, 0) is 36.4 Å². The van der Waals surface area contributed by atoms with E-state index in [9.17, 15) is 0 Å². The summed E-state index contributed by atoms with van der Waals surface area (Å²) < 4.78 is 5.26. The molecule has 0 saturated carbocycles. The fraction of sp³-hybridized carbons (Fsp3) is 0. The van der Waals surface area contributed by atoms with Crippen molar-refractivity contribution in [3.63, 3.8) is 0 Å². The third-order valence-corrected chi connectivity index (χ3v) is 2.83. The highest BCUT2D eigenvalue weighted by molar-refractivity contribution is 6.30. The van der Waals surface area contributed by atoms with Gasteiger partial charge in [0.15, 0.2) is 5.76 Å². The average molecular weight is 257 g/mol. The zero-order chi connectivity index (χ0) is 12.4. The van der Waals surface area contributed by atoms with Crippen molar-refractivity contribution in [3.8, 4) is 22.7 Å². The van der Waals surface area contributed by atoms with Gasteiger partial charge in [-0.25, -0.2) is 0 Å². The summed E-state index contributed by atoms with van der Waals surface area (Å²) >= 11 is 5.84. The van der Waals surface area contributed by atoms with E-state index < -0.39 is 0 Å². The lowest BCUT2D eigenvalue weighted by atomic mass is 10.1. The molecule has 18 heavy (non-hydrogen) atoms. The minimum absolute atomic E-state index is 0.707. The topological polar surface area (TPSA) is 38.9 Å². The first-order chi connectivity index (χ1) is 8.83. The van der Waals surface area contributed by atoms with Crippen molar-refractivity contribution >= 4 is 11.6 Å². The van der Waals surface area contributed by atoms with Crippen molar-refractivity contribution in [1.29, 1.82) is 0 Å². The Labute approximate surface area is 109 Å². The smallest absolute Gasteiger partial charge is 0.154 e. The molecule has 0 N–H and O–H groups in total. The lowest BCUT2D eigenvalue weighted by Gasteiger charge is -2.01. The number of aromatic nitrogens is 2. The predicted octanol–water partition coefficient (Wildman–Crippen LogP) is 4.06. The number of hydrogen-bond donors (Lipinski definition) is 0. The van der Waals surface area contributed by atoms with Gasteiger partial charge >= 0.3 is 0 Å². The van der Waals surface area contributed by atoms with Crippen LogP contribution < -0.4 is 0 Å². The molecule has 2 aromatic heterocycles. The normalized spacial score (nSPS) is 10.5. The SMILES string of the molecule is Clc1ccc(-c2ccc(-c3ccco3)nn2)cc1.